The Kier molecular flexibility index (Phi) is 8.61. The van der Waals surface area contributed by atoms with E-state index in [1.54, 1.807) is 7.05 Å². The van der Waals surface area contributed by atoms with Gasteiger partial charge in [-0.25, -0.2) is 4.79 Å². The van der Waals surface area contributed by atoms with Crippen molar-refractivity contribution in [3.63, 3.8) is 0 Å². The summed E-state index contributed by atoms with van der Waals surface area (Å²) in [5, 5.41) is 13.5. The zero-order chi connectivity index (χ0) is 24.5. The first-order valence-electron chi connectivity index (χ1n) is 11.2. The Bertz CT molecular complexity index is 1010. The van der Waals surface area contributed by atoms with Crippen molar-refractivity contribution in [3.8, 4) is 11.1 Å². The first kappa shape index (κ1) is 24.8. The summed E-state index contributed by atoms with van der Waals surface area (Å²) >= 11 is 0. The van der Waals surface area contributed by atoms with Gasteiger partial charge < -0.3 is 25.4 Å². The molecule has 9 heteroatoms. The summed E-state index contributed by atoms with van der Waals surface area (Å²) in [4.78, 5) is 48.1. The Morgan fingerprint density at radius 1 is 0.912 bits per heavy atom. The number of hydrogen-bond acceptors (Lipinski definition) is 5. The molecule has 0 saturated heterocycles. The van der Waals surface area contributed by atoms with Crippen LogP contribution in [0, 0.1) is 0 Å². The maximum atomic E-state index is 12.1. The third-order valence-corrected chi connectivity index (χ3v) is 5.73. The highest BCUT2D eigenvalue weighted by molar-refractivity contribution is 5.87. The largest absolute Gasteiger partial charge is 0.481 e. The average molecular weight is 468 g/mol. The molecule has 34 heavy (non-hydrogen) atoms. The Labute approximate surface area is 198 Å². The van der Waals surface area contributed by atoms with Gasteiger partial charge in [0.2, 0.25) is 11.8 Å². The molecular weight excluding hydrogens is 438 g/mol. The van der Waals surface area contributed by atoms with Gasteiger partial charge in [0, 0.05) is 25.9 Å². The van der Waals surface area contributed by atoms with Gasteiger partial charge in [-0.05, 0) is 35.1 Å². The minimum Gasteiger partial charge on any atom is -0.481 e. The van der Waals surface area contributed by atoms with Crippen molar-refractivity contribution in [2.75, 3.05) is 33.3 Å². The van der Waals surface area contributed by atoms with E-state index in [9.17, 15) is 19.2 Å². The molecule has 0 aromatic heterocycles. The average Bonchev–Trinajstić information content (AvgIpc) is 3.16. The summed E-state index contributed by atoms with van der Waals surface area (Å²) in [5.74, 6) is -1.76. The topological polar surface area (TPSA) is 125 Å². The predicted molar refractivity (Wildman–Crippen MR) is 125 cm³/mol. The molecule has 3 rings (SSSR count). The lowest BCUT2D eigenvalue weighted by atomic mass is 9.98. The highest BCUT2D eigenvalue weighted by Gasteiger charge is 2.29. The highest BCUT2D eigenvalue weighted by atomic mass is 16.5. The molecular formula is C25H29N3O6. The third kappa shape index (κ3) is 6.57. The molecule has 1 aliphatic carbocycles. The fourth-order valence-corrected chi connectivity index (χ4v) is 3.92. The maximum Gasteiger partial charge on any atom is 0.407 e. The molecule has 9 nitrogen and oxygen atoms in total. The number of nitrogens with zero attached hydrogens (tertiary/aromatic N) is 1. The van der Waals surface area contributed by atoms with Crippen LogP contribution in [0.15, 0.2) is 48.5 Å². The van der Waals surface area contributed by atoms with Crippen LogP contribution in [0.2, 0.25) is 0 Å². The van der Waals surface area contributed by atoms with Crippen molar-refractivity contribution < 1.29 is 29.0 Å². The number of likely N-dealkylation sites (N-methyl/N-ethyl adjacent to an activating group) is 1. The van der Waals surface area contributed by atoms with Crippen LogP contribution in [0.5, 0.6) is 0 Å². The molecule has 0 heterocycles. The van der Waals surface area contributed by atoms with Gasteiger partial charge in [-0.1, -0.05) is 48.5 Å². The number of rotatable bonds is 11. The third-order valence-electron chi connectivity index (χ3n) is 5.73. The second-order valence-corrected chi connectivity index (χ2v) is 8.12. The number of unbranched alkanes of at least 4 members (excludes halogenated alkanes) is 1. The molecule has 3 N–H and O–H groups in total. The van der Waals surface area contributed by atoms with Crippen molar-refractivity contribution >= 4 is 23.9 Å². The minimum atomic E-state index is -0.870. The van der Waals surface area contributed by atoms with Gasteiger partial charge in [0.1, 0.15) is 13.2 Å². The maximum absolute atomic E-state index is 12.1. The highest BCUT2D eigenvalue weighted by Crippen LogP contribution is 2.44. The Morgan fingerprint density at radius 2 is 1.53 bits per heavy atom. The Hall–Kier alpha value is -3.88. The quantitative estimate of drug-likeness (QED) is 0.436. The van der Waals surface area contributed by atoms with Crippen LogP contribution in [0.3, 0.4) is 0 Å². The van der Waals surface area contributed by atoms with Crippen LogP contribution in [-0.4, -0.2) is 67.2 Å². The zero-order valence-electron chi connectivity index (χ0n) is 19.1. The molecule has 0 atom stereocenters. The van der Waals surface area contributed by atoms with Crippen molar-refractivity contribution in [1.82, 2.24) is 15.5 Å². The van der Waals surface area contributed by atoms with Gasteiger partial charge in [0.15, 0.2) is 0 Å². The van der Waals surface area contributed by atoms with E-state index in [2.05, 4.69) is 10.6 Å². The summed E-state index contributed by atoms with van der Waals surface area (Å²) in [6, 6.07) is 16.0. The second-order valence-electron chi connectivity index (χ2n) is 8.12. The molecule has 0 aliphatic heterocycles. The molecule has 1 aliphatic rings. The van der Waals surface area contributed by atoms with E-state index >= 15 is 0 Å². The standard InChI is InChI=1S/C25H29N3O6/c1-28(13-7-6-12-24(31)32)23(30)15-26-22(29)14-27-25(33)34-16-21-19-10-4-2-8-17(19)18-9-3-5-11-20(18)21/h2-5,8-11,21H,6-7,12-16H2,1H3,(H,26,29)(H,27,33)(H,31,32). The summed E-state index contributed by atoms with van der Waals surface area (Å²) in [6.07, 6.45) is 0.383. The first-order valence-corrected chi connectivity index (χ1v) is 11.2. The summed E-state index contributed by atoms with van der Waals surface area (Å²) in [5.41, 5.74) is 4.45. The number of fused-ring (bicyclic) bond motifs is 3. The van der Waals surface area contributed by atoms with Crippen LogP contribution in [0.4, 0.5) is 4.79 Å². The predicted octanol–water partition coefficient (Wildman–Crippen LogP) is 2.35. The first-order chi connectivity index (χ1) is 16.4. The van der Waals surface area contributed by atoms with Crippen molar-refractivity contribution in [2.45, 2.75) is 25.2 Å². The second kappa shape index (κ2) is 11.8. The van der Waals surface area contributed by atoms with E-state index in [-0.39, 0.29) is 37.9 Å². The number of ether oxygens (including phenoxy) is 1. The molecule has 0 fully saturated rings. The van der Waals surface area contributed by atoms with E-state index in [4.69, 9.17) is 9.84 Å². The van der Waals surface area contributed by atoms with Crippen LogP contribution in [0.25, 0.3) is 11.1 Å². The lowest BCUT2D eigenvalue weighted by Gasteiger charge is -2.17. The molecule has 180 valence electrons. The van der Waals surface area contributed by atoms with E-state index in [0.29, 0.717) is 19.4 Å². The van der Waals surface area contributed by atoms with Crippen molar-refractivity contribution in [2.24, 2.45) is 0 Å². The smallest absolute Gasteiger partial charge is 0.407 e. The number of carboxylic acid groups (broad SMARTS) is 1. The number of aliphatic carboxylic acids is 1. The minimum absolute atomic E-state index is 0.0559. The van der Waals surface area contributed by atoms with Crippen LogP contribution < -0.4 is 10.6 Å². The fourth-order valence-electron chi connectivity index (χ4n) is 3.92. The number of amides is 3. The number of carbonyl (C=O) groups excluding carboxylic acids is 3. The molecule has 0 saturated carbocycles. The molecule has 0 spiro atoms. The number of nitrogens with one attached hydrogen (secondary N) is 2. The van der Waals surface area contributed by atoms with E-state index < -0.39 is 18.0 Å². The summed E-state index contributed by atoms with van der Waals surface area (Å²) in [6.45, 7) is 0.0273. The number of carboxylic acids is 1. The Morgan fingerprint density at radius 3 is 2.15 bits per heavy atom. The van der Waals surface area contributed by atoms with Gasteiger partial charge in [-0.15, -0.1) is 0 Å². The van der Waals surface area contributed by atoms with Gasteiger partial charge >= 0.3 is 12.1 Å². The number of alkyl carbamates (subject to hydrolysis) is 1. The monoisotopic (exact) mass is 467 g/mol. The van der Waals surface area contributed by atoms with Gasteiger partial charge in [0.25, 0.3) is 0 Å². The molecule has 0 bridgehead atoms. The van der Waals surface area contributed by atoms with Crippen LogP contribution in [0.1, 0.15) is 36.3 Å². The van der Waals surface area contributed by atoms with E-state index in [1.165, 1.54) is 4.90 Å². The van der Waals surface area contributed by atoms with E-state index in [1.807, 2.05) is 48.5 Å². The van der Waals surface area contributed by atoms with Crippen molar-refractivity contribution in [3.05, 3.63) is 59.7 Å². The lowest BCUT2D eigenvalue weighted by Crippen LogP contribution is -2.42. The summed E-state index contributed by atoms with van der Waals surface area (Å²) < 4.78 is 5.38. The molecule has 0 radical (unpaired) electrons. The van der Waals surface area contributed by atoms with Crippen molar-refractivity contribution in [1.29, 1.82) is 0 Å². The Balaban J connectivity index is 1.37. The van der Waals surface area contributed by atoms with Crippen LogP contribution in [-0.2, 0) is 19.1 Å². The normalized spacial score (nSPS) is 11.8. The number of carbonyl (C=O) groups is 4. The molecule has 2 aromatic rings. The number of benzene rings is 2. The number of hydrogen-bond donors (Lipinski definition) is 3. The fraction of sp³-hybridized carbons (Fsp3) is 0.360. The molecule has 2 aromatic carbocycles. The van der Waals surface area contributed by atoms with E-state index in [0.717, 1.165) is 22.3 Å². The summed E-state index contributed by atoms with van der Waals surface area (Å²) in [7, 11) is 1.59. The zero-order valence-corrected chi connectivity index (χ0v) is 19.1. The van der Waals surface area contributed by atoms with Gasteiger partial charge in [-0.2, -0.15) is 0 Å². The van der Waals surface area contributed by atoms with Gasteiger partial charge in [0.05, 0.1) is 6.54 Å². The lowest BCUT2D eigenvalue weighted by molar-refractivity contribution is -0.137. The SMILES string of the molecule is CN(CCCCC(=O)O)C(=O)CNC(=O)CNC(=O)OCC1c2ccccc2-c2ccccc21. The van der Waals surface area contributed by atoms with Crippen LogP contribution >= 0.6 is 0 Å². The molecule has 0 unspecified atom stereocenters. The van der Waals surface area contributed by atoms with Gasteiger partial charge in [-0.3, -0.25) is 14.4 Å². The molecule has 3 amide bonds.